The Labute approximate surface area is 124 Å². The Balaban J connectivity index is 1.73. The zero-order valence-electron chi connectivity index (χ0n) is 11.7. The summed E-state index contributed by atoms with van der Waals surface area (Å²) >= 11 is 0. The van der Waals surface area contributed by atoms with Crippen LogP contribution in [0.1, 0.15) is 17.2 Å². The highest BCUT2D eigenvalue weighted by Gasteiger charge is 2.29. The summed E-state index contributed by atoms with van der Waals surface area (Å²) in [4.78, 5) is 14.1. The Kier molecular flexibility index (Phi) is 4.12. The van der Waals surface area contributed by atoms with Crippen LogP contribution in [0.3, 0.4) is 0 Å². The van der Waals surface area contributed by atoms with Crippen LogP contribution in [-0.4, -0.2) is 24.1 Å². The Hall–Kier alpha value is -2.39. The molecule has 0 aromatic heterocycles. The predicted octanol–water partition coefficient (Wildman–Crippen LogP) is 3.26. The highest BCUT2D eigenvalue weighted by atomic mass is 16.5. The molecule has 1 amide bonds. The van der Waals surface area contributed by atoms with E-state index in [1.165, 1.54) is 0 Å². The first-order valence-electron chi connectivity index (χ1n) is 7.01. The fourth-order valence-corrected chi connectivity index (χ4v) is 2.44. The van der Waals surface area contributed by atoms with Gasteiger partial charge in [-0.1, -0.05) is 60.7 Å². The smallest absolute Gasteiger partial charge is 0.248 e. The van der Waals surface area contributed by atoms with Crippen LogP contribution in [0.5, 0.6) is 0 Å². The van der Waals surface area contributed by atoms with Crippen molar-refractivity contribution in [2.75, 3.05) is 13.3 Å². The van der Waals surface area contributed by atoms with E-state index in [4.69, 9.17) is 4.74 Å². The molecule has 0 bridgehead atoms. The lowest BCUT2D eigenvalue weighted by molar-refractivity contribution is -0.128. The van der Waals surface area contributed by atoms with Gasteiger partial charge in [0.2, 0.25) is 5.91 Å². The van der Waals surface area contributed by atoms with Crippen LogP contribution < -0.4 is 0 Å². The quantitative estimate of drug-likeness (QED) is 0.807. The Morgan fingerprint density at radius 3 is 2.43 bits per heavy atom. The standard InChI is InChI=1S/C18H17NO2/c20-18(12-11-15-7-3-1-4-8-15)19-14-21-13-17(19)16-9-5-2-6-10-16/h1-12,17H,13-14H2/t17-/m0/s1. The number of nitrogens with zero attached hydrogens (tertiary/aromatic N) is 1. The maximum Gasteiger partial charge on any atom is 0.248 e. The summed E-state index contributed by atoms with van der Waals surface area (Å²) in [6, 6.07) is 19.8. The zero-order chi connectivity index (χ0) is 14.5. The van der Waals surface area contributed by atoms with Crippen molar-refractivity contribution in [2.45, 2.75) is 6.04 Å². The van der Waals surface area contributed by atoms with Crippen molar-refractivity contribution in [1.82, 2.24) is 4.90 Å². The number of rotatable bonds is 3. The van der Waals surface area contributed by atoms with Crippen LogP contribution in [0.2, 0.25) is 0 Å². The topological polar surface area (TPSA) is 29.5 Å². The van der Waals surface area contributed by atoms with Gasteiger partial charge in [0.15, 0.2) is 0 Å². The van der Waals surface area contributed by atoms with E-state index < -0.39 is 0 Å². The lowest BCUT2D eigenvalue weighted by Gasteiger charge is -2.21. The molecular formula is C18H17NO2. The Morgan fingerprint density at radius 1 is 1.05 bits per heavy atom. The first-order valence-corrected chi connectivity index (χ1v) is 7.01. The van der Waals surface area contributed by atoms with Gasteiger partial charge in [0.05, 0.1) is 12.6 Å². The second-order valence-electron chi connectivity index (χ2n) is 4.98. The summed E-state index contributed by atoms with van der Waals surface area (Å²) in [5.41, 5.74) is 2.12. The van der Waals surface area contributed by atoms with E-state index in [0.717, 1.165) is 11.1 Å². The molecule has 3 rings (SSSR count). The van der Waals surface area contributed by atoms with E-state index in [1.807, 2.05) is 66.7 Å². The van der Waals surface area contributed by atoms with Crippen molar-refractivity contribution < 1.29 is 9.53 Å². The van der Waals surface area contributed by atoms with Gasteiger partial charge in [-0.2, -0.15) is 0 Å². The summed E-state index contributed by atoms with van der Waals surface area (Å²) < 4.78 is 5.47. The van der Waals surface area contributed by atoms with Gasteiger partial charge in [-0.15, -0.1) is 0 Å². The molecule has 1 heterocycles. The number of carbonyl (C=O) groups is 1. The maximum absolute atomic E-state index is 12.4. The number of hydrogen-bond donors (Lipinski definition) is 0. The SMILES string of the molecule is O=C(C=Cc1ccccc1)N1COC[C@H]1c1ccccc1. The van der Waals surface area contributed by atoms with Gasteiger partial charge >= 0.3 is 0 Å². The first kappa shape index (κ1) is 13.6. The van der Waals surface area contributed by atoms with E-state index in [-0.39, 0.29) is 11.9 Å². The molecule has 1 aliphatic rings. The van der Waals surface area contributed by atoms with Gasteiger partial charge in [0, 0.05) is 6.08 Å². The third-order valence-corrected chi connectivity index (χ3v) is 3.57. The number of carbonyl (C=O) groups excluding carboxylic acids is 1. The molecule has 21 heavy (non-hydrogen) atoms. The second-order valence-corrected chi connectivity index (χ2v) is 4.98. The minimum absolute atomic E-state index is 0.000812. The predicted molar refractivity (Wildman–Crippen MR) is 82.3 cm³/mol. The minimum Gasteiger partial charge on any atom is -0.359 e. The third kappa shape index (κ3) is 3.20. The summed E-state index contributed by atoms with van der Waals surface area (Å²) in [6.07, 6.45) is 3.45. The van der Waals surface area contributed by atoms with Crippen LogP contribution in [0.25, 0.3) is 6.08 Å². The van der Waals surface area contributed by atoms with E-state index in [1.54, 1.807) is 11.0 Å². The number of ether oxygens (including phenoxy) is 1. The molecule has 3 heteroatoms. The minimum atomic E-state index is -0.0230. The van der Waals surface area contributed by atoms with Crippen LogP contribution in [0.15, 0.2) is 66.7 Å². The molecule has 2 aromatic rings. The fraction of sp³-hybridized carbons (Fsp3) is 0.167. The first-order chi connectivity index (χ1) is 10.3. The molecule has 1 saturated heterocycles. The molecule has 0 aliphatic carbocycles. The fourth-order valence-electron chi connectivity index (χ4n) is 2.44. The van der Waals surface area contributed by atoms with Crippen molar-refractivity contribution >= 4 is 12.0 Å². The van der Waals surface area contributed by atoms with Gasteiger partial charge in [-0.25, -0.2) is 0 Å². The Morgan fingerprint density at radius 2 is 1.71 bits per heavy atom. The largest absolute Gasteiger partial charge is 0.359 e. The number of benzene rings is 2. The molecule has 1 atom stereocenters. The maximum atomic E-state index is 12.4. The molecule has 1 fully saturated rings. The summed E-state index contributed by atoms with van der Waals surface area (Å²) in [5.74, 6) is -0.0230. The van der Waals surface area contributed by atoms with Crippen LogP contribution in [0.4, 0.5) is 0 Å². The van der Waals surface area contributed by atoms with Crippen LogP contribution in [-0.2, 0) is 9.53 Å². The molecule has 0 saturated carbocycles. The van der Waals surface area contributed by atoms with Gasteiger partial charge < -0.3 is 9.64 Å². The molecule has 2 aromatic carbocycles. The van der Waals surface area contributed by atoms with Gasteiger partial charge in [0.25, 0.3) is 0 Å². The van der Waals surface area contributed by atoms with Crippen molar-refractivity contribution in [2.24, 2.45) is 0 Å². The van der Waals surface area contributed by atoms with E-state index in [9.17, 15) is 4.79 Å². The highest BCUT2D eigenvalue weighted by Crippen LogP contribution is 2.26. The number of amides is 1. The summed E-state index contributed by atoms with van der Waals surface area (Å²) in [7, 11) is 0. The molecular weight excluding hydrogens is 262 g/mol. The highest BCUT2D eigenvalue weighted by molar-refractivity contribution is 5.92. The van der Waals surface area contributed by atoms with Crippen LogP contribution >= 0.6 is 0 Å². The normalized spacial score (nSPS) is 18.3. The van der Waals surface area contributed by atoms with Gasteiger partial charge in [0.1, 0.15) is 6.73 Å². The molecule has 3 nitrogen and oxygen atoms in total. The molecule has 106 valence electrons. The molecule has 1 aliphatic heterocycles. The Bertz CT molecular complexity index is 622. The van der Waals surface area contributed by atoms with E-state index >= 15 is 0 Å². The van der Waals surface area contributed by atoms with E-state index in [0.29, 0.717) is 13.3 Å². The average molecular weight is 279 g/mol. The third-order valence-electron chi connectivity index (χ3n) is 3.57. The zero-order valence-corrected chi connectivity index (χ0v) is 11.7. The molecule has 0 spiro atoms. The monoisotopic (exact) mass is 279 g/mol. The van der Waals surface area contributed by atoms with Gasteiger partial charge in [-0.3, -0.25) is 4.79 Å². The van der Waals surface area contributed by atoms with Crippen molar-refractivity contribution in [1.29, 1.82) is 0 Å². The molecule has 0 radical (unpaired) electrons. The van der Waals surface area contributed by atoms with Crippen molar-refractivity contribution in [3.63, 3.8) is 0 Å². The lowest BCUT2D eigenvalue weighted by Crippen LogP contribution is -2.29. The molecule has 0 N–H and O–H groups in total. The van der Waals surface area contributed by atoms with E-state index in [2.05, 4.69) is 0 Å². The average Bonchev–Trinajstić information content (AvgIpc) is 3.04. The number of hydrogen-bond acceptors (Lipinski definition) is 2. The van der Waals surface area contributed by atoms with Gasteiger partial charge in [-0.05, 0) is 17.2 Å². The molecule has 0 unspecified atom stereocenters. The van der Waals surface area contributed by atoms with Crippen molar-refractivity contribution in [3.8, 4) is 0 Å². The summed E-state index contributed by atoms with van der Waals surface area (Å²) in [6.45, 7) is 0.895. The lowest BCUT2D eigenvalue weighted by atomic mass is 10.1. The second kappa shape index (κ2) is 6.37. The van der Waals surface area contributed by atoms with Crippen LogP contribution in [0, 0.1) is 0 Å². The summed E-state index contributed by atoms with van der Waals surface area (Å²) in [5, 5.41) is 0. The van der Waals surface area contributed by atoms with Crippen molar-refractivity contribution in [3.05, 3.63) is 77.9 Å².